The Balaban J connectivity index is 1.58. The van der Waals surface area contributed by atoms with Crippen LogP contribution in [0, 0.1) is 12.7 Å². The van der Waals surface area contributed by atoms with Gasteiger partial charge in [0.2, 0.25) is 10.8 Å². The highest BCUT2D eigenvalue weighted by Crippen LogP contribution is 2.37. The van der Waals surface area contributed by atoms with Crippen molar-refractivity contribution in [1.29, 1.82) is 0 Å². The van der Waals surface area contributed by atoms with Crippen LogP contribution in [0.2, 0.25) is 0 Å². The molecule has 2 heterocycles. The maximum Gasteiger partial charge on any atom is 0.492 e. The van der Waals surface area contributed by atoms with Crippen molar-refractivity contribution in [3.63, 3.8) is 0 Å². The number of halogens is 5. The number of sulfonamides is 1. The Morgan fingerprint density at radius 1 is 1.21 bits per heavy atom. The predicted molar refractivity (Wildman–Crippen MR) is 137 cm³/mol. The largest absolute Gasteiger partial charge is 0.492 e. The number of hydrogen-bond donors (Lipinski definition) is 0. The first-order chi connectivity index (χ1) is 18.3. The van der Waals surface area contributed by atoms with Crippen LogP contribution >= 0.6 is 23.5 Å². The lowest BCUT2D eigenvalue weighted by Gasteiger charge is -2.39. The third-order valence-corrected chi connectivity index (χ3v) is 9.23. The van der Waals surface area contributed by atoms with Crippen molar-refractivity contribution in [1.82, 2.24) is 19.4 Å². The SMILES string of the molecule is Cc1cccc(CN2CCC(N(C)N3C(Cl)=NS[C@@H]3N(OC(=O)C(F)(F)F)S(=O)(=O)c3ccccc3)C2)c1F. The van der Waals surface area contributed by atoms with Gasteiger partial charge in [0.15, 0.2) is 0 Å². The quantitative estimate of drug-likeness (QED) is 0.191. The maximum atomic E-state index is 14.5. The molecule has 0 aliphatic carbocycles. The summed E-state index contributed by atoms with van der Waals surface area (Å²) in [6.45, 7) is 2.98. The number of carbonyl (C=O) groups is 1. The van der Waals surface area contributed by atoms with Crippen LogP contribution in [0.15, 0.2) is 57.8 Å². The molecule has 9 nitrogen and oxygen atoms in total. The summed E-state index contributed by atoms with van der Waals surface area (Å²) in [6, 6.07) is 11.4. The number of amidine groups is 1. The van der Waals surface area contributed by atoms with Crippen molar-refractivity contribution < 1.29 is 35.6 Å². The van der Waals surface area contributed by atoms with Crippen LogP contribution in [0.3, 0.4) is 0 Å². The molecular formula is C23H24ClF4N5O4S2. The standard InChI is InChI=1S/C23H24ClF4N5O4S2/c1-15-7-6-8-16(19(15)25)13-31-12-11-17(14-31)30(2)32-21(24)29-38-22(32)33(37-20(34)23(26,27)28)39(35,36)18-9-4-3-5-10-18/h3-10,17,22H,11-14H2,1-2H3/t17?,22-/m0/s1. The molecule has 2 aromatic rings. The number of hydrogen-bond acceptors (Lipinski definition) is 9. The fourth-order valence-electron chi connectivity index (χ4n) is 4.23. The maximum absolute atomic E-state index is 14.5. The van der Waals surface area contributed by atoms with Crippen molar-refractivity contribution in [2.75, 3.05) is 20.1 Å². The third-order valence-electron chi connectivity index (χ3n) is 6.26. The summed E-state index contributed by atoms with van der Waals surface area (Å²) in [6.07, 6.45) is -4.91. The zero-order valence-electron chi connectivity index (χ0n) is 20.7. The molecule has 4 rings (SSSR count). The van der Waals surface area contributed by atoms with Crippen LogP contribution in [0.25, 0.3) is 0 Å². The van der Waals surface area contributed by atoms with Crippen LogP contribution in [-0.4, -0.2) is 76.9 Å². The number of benzene rings is 2. The molecule has 2 aliphatic rings. The topological polar surface area (TPSA) is 85.8 Å². The Kier molecular flexibility index (Phi) is 8.78. The molecule has 0 spiro atoms. The zero-order valence-corrected chi connectivity index (χ0v) is 23.1. The fraction of sp³-hybridized carbons (Fsp3) is 0.391. The van der Waals surface area contributed by atoms with E-state index in [4.69, 9.17) is 11.6 Å². The lowest BCUT2D eigenvalue weighted by atomic mass is 10.1. The van der Waals surface area contributed by atoms with Crippen LogP contribution in [-0.2, 0) is 26.2 Å². The number of hydrazine groups is 1. The number of likely N-dealkylation sites (N-methyl/N-ethyl adjacent to an activating group) is 1. The lowest BCUT2D eigenvalue weighted by molar-refractivity contribution is -0.230. The summed E-state index contributed by atoms with van der Waals surface area (Å²) in [7, 11) is -3.23. The van der Waals surface area contributed by atoms with Crippen molar-refractivity contribution in [3.05, 3.63) is 65.5 Å². The van der Waals surface area contributed by atoms with Gasteiger partial charge in [0.05, 0.1) is 4.90 Å². The van der Waals surface area contributed by atoms with E-state index < -0.39 is 32.6 Å². The van der Waals surface area contributed by atoms with Gasteiger partial charge in [0.25, 0.3) is 10.0 Å². The van der Waals surface area contributed by atoms with Crippen molar-refractivity contribution in [2.24, 2.45) is 4.40 Å². The highest BCUT2D eigenvalue weighted by Gasteiger charge is 2.51. The Bertz CT molecular complexity index is 1350. The van der Waals surface area contributed by atoms with E-state index >= 15 is 0 Å². The Labute approximate surface area is 232 Å². The van der Waals surface area contributed by atoms with E-state index in [1.165, 1.54) is 23.2 Å². The number of nitrogens with zero attached hydrogens (tertiary/aromatic N) is 5. The molecule has 212 valence electrons. The van der Waals surface area contributed by atoms with E-state index in [1.807, 2.05) is 4.90 Å². The minimum Gasteiger partial charge on any atom is -0.342 e. The zero-order chi connectivity index (χ0) is 28.5. The Hall–Kier alpha value is -2.43. The summed E-state index contributed by atoms with van der Waals surface area (Å²) in [5.74, 6) is -3.02. The number of alkyl halides is 3. The normalized spacial score (nSPS) is 20.6. The van der Waals surface area contributed by atoms with E-state index in [2.05, 4.69) is 9.24 Å². The molecular weight excluding hydrogens is 586 g/mol. The third kappa shape index (κ3) is 6.33. The molecule has 16 heteroatoms. The minimum absolute atomic E-state index is 0.0347. The van der Waals surface area contributed by atoms with E-state index in [0.29, 0.717) is 49.1 Å². The fourth-order valence-corrected chi connectivity index (χ4v) is 7.00. The summed E-state index contributed by atoms with van der Waals surface area (Å²) >= 11 is 6.80. The van der Waals surface area contributed by atoms with Crippen molar-refractivity contribution in [2.45, 2.75) is 42.5 Å². The molecule has 0 saturated carbocycles. The smallest absolute Gasteiger partial charge is 0.342 e. The van der Waals surface area contributed by atoms with Gasteiger partial charge < -0.3 is 4.84 Å². The second-order valence-electron chi connectivity index (χ2n) is 8.89. The highest BCUT2D eigenvalue weighted by molar-refractivity contribution is 8.00. The molecule has 1 unspecified atom stereocenters. The molecule has 2 aromatic carbocycles. The summed E-state index contributed by atoms with van der Waals surface area (Å²) in [5, 5.41) is 2.46. The second kappa shape index (κ2) is 11.6. The number of aryl methyl sites for hydroxylation is 1. The Morgan fingerprint density at radius 3 is 2.56 bits per heavy atom. The van der Waals surface area contributed by atoms with Crippen LogP contribution in [0.1, 0.15) is 17.5 Å². The van der Waals surface area contributed by atoms with Gasteiger partial charge in [-0.2, -0.15) is 17.6 Å². The molecule has 0 radical (unpaired) electrons. The van der Waals surface area contributed by atoms with Crippen LogP contribution < -0.4 is 0 Å². The molecule has 2 atom stereocenters. The van der Waals surface area contributed by atoms with Gasteiger partial charge in [-0.15, -0.1) is 0 Å². The number of likely N-dealkylation sites (tertiary alicyclic amines) is 1. The highest BCUT2D eigenvalue weighted by atomic mass is 35.5. The summed E-state index contributed by atoms with van der Waals surface area (Å²) in [5.41, 5.74) is -0.567. The molecule has 1 saturated heterocycles. The molecule has 0 N–H and O–H groups in total. The van der Waals surface area contributed by atoms with Gasteiger partial charge in [-0.1, -0.05) is 36.4 Å². The van der Waals surface area contributed by atoms with E-state index in [-0.39, 0.29) is 21.6 Å². The number of rotatable bonds is 8. The molecule has 0 amide bonds. The molecule has 2 aliphatic heterocycles. The van der Waals surface area contributed by atoms with Gasteiger partial charge in [-0.3, -0.25) is 4.90 Å². The van der Waals surface area contributed by atoms with Gasteiger partial charge in [0.1, 0.15) is 5.82 Å². The minimum atomic E-state index is -5.47. The van der Waals surface area contributed by atoms with E-state index in [9.17, 15) is 30.8 Å². The van der Waals surface area contributed by atoms with Crippen molar-refractivity contribution >= 4 is 44.8 Å². The molecule has 39 heavy (non-hydrogen) atoms. The average molecular weight is 610 g/mol. The van der Waals surface area contributed by atoms with Crippen molar-refractivity contribution in [3.8, 4) is 0 Å². The van der Waals surface area contributed by atoms with Gasteiger partial charge in [-0.25, -0.2) is 27.6 Å². The molecule has 0 bridgehead atoms. The molecule has 1 fully saturated rings. The Morgan fingerprint density at radius 2 is 1.90 bits per heavy atom. The van der Waals surface area contributed by atoms with E-state index in [1.54, 1.807) is 32.2 Å². The van der Waals surface area contributed by atoms with Crippen LogP contribution in [0.4, 0.5) is 17.6 Å². The van der Waals surface area contributed by atoms with Crippen LogP contribution in [0.5, 0.6) is 0 Å². The lowest BCUT2D eigenvalue weighted by Crippen LogP contribution is -2.57. The number of carbonyl (C=O) groups excluding carboxylic acids is 1. The van der Waals surface area contributed by atoms with Gasteiger partial charge in [0, 0.05) is 54.7 Å². The monoisotopic (exact) mass is 609 g/mol. The summed E-state index contributed by atoms with van der Waals surface area (Å²) in [4.78, 5) is 17.8. The second-order valence-corrected chi connectivity index (χ2v) is 11.8. The van der Waals surface area contributed by atoms with Gasteiger partial charge in [-0.05, 0) is 42.6 Å². The first-order valence-electron chi connectivity index (χ1n) is 11.6. The first-order valence-corrected chi connectivity index (χ1v) is 14.2. The average Bonchev–Trinajstić information content (AvgIpc) is 3.51. The first kappa shape index (κ1) is 29.6. The predicted octanol–water partition coefficient (Wildman–Crippen LogP) is 4.11. The summed E-state index contributed by atoms with van der Waals surface area (Å²) < 4.78 is 84.6. The molecule has 0 aromatic heterocycles. The van der Waals surface area contributed by atoms with E-state index in [0.717, 1.165) is 17.1 Å². The van der Waals surface area contributed by atoms with Gasteiger partial charge >= 0.3 is 12.1 Å². The number of hydroxylamine groups is 1.